The van der Waals surface area contributed by atoms with Crippen molar-refractivity contribution in [3.05, 3.63) is 16.7 Å². The SMILES string of the molecule is O=S(=O)(c1c(Cl)nc2sccn12)N1C2CCC1CC(O)C2. The van der Waals surface area contributed by atoms with Gasteiger partial charge in [-0.2, -0.15) is 4.31 Å². The first-order chi connectivity index (χ1) is 9.98. The van der Waals surface area contributed by atoms with Gasteiger partial charge < -0.3 is 5.11 Å². The highest BCUT2D eigenvalue weighted by Gasteiger charge is 2.48. The summed E-state index contributed by atoms with van der Waals surface area (Å²) in [6, 6.07) is -0.270. The van der Waals surface area contributed by atoms with Gasteiger partial charge in [0.2, 0.25) is 0 Å². The summed E-state index contributed by atoms with van der Waals surface area (Å²) < 4.78 is 29.2. The largest absolute Gasteiger partial charge is 0.393 e. The molecule has 2 fully saturated rings. The number of aliphatic hydroxyl groups is 1. The van der Waals surface area contributed by atoms with Gasteiger partial charge in [-0.15, -0.1) is 11.3 Å². The molecule has 2 bridgehead atoms. The van der Waals surface area contributed by atoms with Gasteiger partial charge in [-0.1, -0.05) is 11.6 Å². The van der Waals surface area contributed by atoms with E-state index in [1.54, 1.807) is 15.9 Å². The molecule has 2 atom stereocenters. The van der Waals surface area contributed by atoms with Crippen molar-refractivity contribution in [3.63, 3.8) is 0 Å². The van der Waals surface area contributed by atoms with Crippen LogP contribution >= 0.6 is 22.9 Å². The number of aromatic nitrogens is 2. The molecule has 21 heavy (non-hydrogen) atoms. The Hall–Kier alpha value is -0.670. The highest BCUT2D eigenvalue weighted by Crippen LogP contribution is 2.41. The second-order valence-electron chi connectivity index (χ2n) is 5.61. The normalized spacial score (nSPS) is 30.3. The maximum Gasteiger partial charge on any atom is 0.262 e. The number of thiazole rings is 1. The van der Waals surface area contributed by atoms with Gasteiger partial charge in [0.15, 0.2) is 15.1 Å². The summed E-state index contributed by atoms with van der Waals surface area (Å²) in [4.78, 5) is 4.68. The van der Waals surface area contributed by atoms with Gasteiger partial charge in [0.05, 0.1) is 6.10 Å². The zero-order chi connectivity index (χ0) is 14.8. The topological polar surface area (TPSA) is 74.9 Å². The van der Waals surface area contributed by atoms with Crippen LogP contribution in [0.2, 0.25) is 5.15 Å². The Morgan fingerprint density at radius 3 is 2.67 bits per heavy atom. The molecular formula is C12H14ClN3O3S2. The van der Waals surface area contributed by atoms with Crippen LogP contribution in [0.4, 0.5) is 0 Å². The van der Waals surface area contributed by atoms with E-state index in [1.165, 1.54) is 15.7 Å². The van der Waals surface area contributed by atoms with Crippen LogP contribution in [0.15, 0.2) is 16.6 Å². The Morgan fingerprint density at radius 2 is 2.00 bits per heavy atom. The smallest absolute Gasteiger partial charge is 0.262 e. The van der Waals surface area contributed by atoms with Crippen molar-refractivity contribution < 1.29 is 13.5 Å². The first-order valence-corrected chi connectivity index (χ1v) is 9.51. The van der Waals surface area contributed by atoms with Gasteiger partial charge in [-0.05, 0) is 25.7 Å². The van der Waals surface area contributed by atoms with Gasteiger partial charge >= 0.3 is 0 Å². The molecule has 0 aromatic carbocycles. The minimum Gasteiger partial charge on any atom is -0.393 e. The van der Waals surface area contributed by atoms with E-state index in [4.69, 9.17) is 11.6 Å². The number of halogens is 1. The number of aliphatic hydroxyl groups excluding tert-OH is 1. The van der Waals surface area contributed by atoms with Crippen molar-refractivity contribution in [2.45, 2.75) is 48.9 Å². The maximum atomic E-state index is 13.1. The fourth-order valence-corrected chi connectivity index (χ4v) is 6.87. The second kappa shape index (κ2) is 4.66. The van der Waals surface area contributed by atoms with Gasteiger partial charge in [0.1, 0.15) is 0 Å². The number of hydrogen-bond acceptors (Lipinski definition) is 5. The molecule has 2 aromatic rings. The first kappa shape index (κ1) is 14.0. The summed E-state index contributed by atoms with van der Waals surface area (Å²) in [6.45, 7) is 0. The molecule has 4 rings (SSSR count). The number of imidazole rings is 1. The summed E-state index contributed by atoms with van der Waals surface area (Å²) in [5.74, 6) is 0. The van der Waals surface area contributed by atoms with Gasteiger partial charge in [0, 0.05) is 23.7 Å². The van der Waals surface area contributed by atoms with Crippen LogP contribution in [-0.2, 0) is 10.0 Å². The molecule has 1 N–H and O–H groups in total. The summed E-state index contributed by atoms with van der Waals surface area (Å²) in [5, 5.41) is 11.7. The first-order valence-electron chi connectivity index (χ1n) is 6.81. The van der Waals surface area contributed by atoms with E-state index < -0.39 is 16.1 Å². The summed E-state index contributed by atoms with van der Waals surface area (Å²) in [6.07, 6.45) is 3.86. The quantitative estimate of drug-likeness (QED) is 0.897. The van der Waals surface area contributed by atoms with Crippen LogP contribution < -0.4 is 0 Å². The van der Waals surface area contributed by atoms with Crippen molar-refractivity contribution >= 4 is 37.9 Å². The third-order valence-electron chi connectivity index (χ3n) is 4.34. The lowest BCUT2D eigenvalue weighted by molar-refractivity contribution is 0.0767. The lowest BCUT2D eigenvalue weighted by Crippen LogP contribution is -2.48. The van der Waals surface area contributed by atoms with Gasteiger partial charge in [0.25, 0.3) is 10.0 Å². The molecule has 2 aliphatic rings. The molecule has 0 aliphatic carbocycles. The van der Waals surface area contributed by atoms with Crippen molar-refractivity contribution in [2.75, 3.05) is 0 Å². The highest BCUT2D eigenvalue weighted by molar-refractivity contribution is 7.89. The third kappa shape index (κ3) is 1.97. The monoisotopic (exact) mass is 347 g/mol. The molecule has 2 aromatic heterocycles. The Morgan fingerprint density at radius 1 is 1.33 bits per heavy atom. The van der Waals surface area contributed by atoms with E-state index in [0.717, 1.165) is 12.8 Å². The number of hydrogen-bond donors (Lipinski definition) is 1. The molecular weight excluding hydrogens is 334 g/mol. The van der Waals surface area contributed by atoms with Crippen LogP contribution in [0.25, 0.3) is 4.96 Å². The number of fused-ring (bicyclic) bond motifs is 3. The minimum absolute atomic E-state index is 0.0207. The van der Waals surface area contributed by atoms with Crippen molar-refractivity contribution in [3.8, 4) is 0 Å². The van der Waals surface area contributed by atoms with Gasteiger partial charge in [-0.3, -0.25) is 4.40 Å². The average Bonchev–Trinajstić information content (AvgIpc) is 3.01. The number of piperidine rings is 1. The molecule has 2 unspecified atom stereocenters. The molecule has 114 valence electrons. The predicted molar refractivity (Wildman–Crippen MR) is 79.2 cm³/mol. The number of rotatable bonds is 2. The lowest BCUT2D eigenvalue weighted by atomic mass is 10.0. The Labute approximate surface area is 131 Å². The van der Waals surface area contributed by atoms with Crippen LogP contribution in [0.5, 0.6) is 0 Å². The van der Waals surface area contributed by atoms with Crippen molar-refractivity contribution in [1.29, 1.82) is 0 Å². The summed E-state index contributed by atoms with van der Waals surface area (Å²) in [7, 11) is -3.71. The van der Waals surface area contributed by atoms with E-state index in [1.807, 2.05) is 0 Å². The van der Waals surface area contributed by atoms with E-state index in [2.05, 4.69) is 4.98 Å². The Balaban J connectivity index is 1.84. The van der Waals surface area contributed by atoms with Crippen LogP contribution in [0.1, 0.15) is 25.7 Å². The van der Waals surface area contributed by atoms with Crippen molar-refractivity contribution in [1.82, 2.24) is 13.7 Å². The fraction of sp³-hybridized carbons (Fsp3) is 0.583. The maximum absolute atomic E-state index is 13.1. The Bertz CT molecular complexity index is 786. The molecule has 6 nitrogen and oxygen atoms in total. The summed E-state index contributed by atoms with van der Waals surface area (Å²) in [5.41, 5.74) is 0. The molecule has 2 aliphatic heterocycles. The molecule has 4 heterocycles. The van der Waals surface area contributed by atoms with Crippen LogP contribution in [0.3, 0.4) is 0 Å². The van der Waals surface area contributed by atoms with Gasteiger partial charge in [-0.25, -0.2) is 13.4 Å². The lowest BCUT2D eigenvalue weighted by Gasteiger charge is -2.35. The number of sulfonamides is 1. The van der Waals surface area contributed by atoms with Crippen LogP contribution in [-0.4, -0.2) is 45.4 Å². The molecule has 0 saturated carbocycles. The summed E-state index contributed by atoms with van der Waals surface area (Å²) >= 11 is 7.42. The van der Waals surface area contributed by atoms with E-state index >= 15 is 0 Å². The number of nitrogens with zero attached hydrogens (tertiary/aromatic N) is 3. The third-order valence-corrected chi connectivity index (χ3v) is 7.50. The molecule has 2 saturated heterocycles. The molecule has 9 heteroatoms. The minimum atomic E-state index is -3.71. The molecule has 0 amide bonds. The highest BCUT2D eigenvalue weighted by atomic mass is 35.5. The van der Waals surface area contributed by atoms with E-state index in [9.17, 15) is 13.5 Å². The zero-order valence-corrected chi connectivity index (χ0v) is 13.4. The standard InChI is InChI=1S/C12H14ClN3O3S2/c13-10-11(15-3-4-20-12(15)14-10)21(18,19)16-7-1-2-8(16)6-9(17)5-7/h3-4,7-9,17H,1-2,5-6H2. The van der Waals surface area contributed by atoms with Crippen molar-refractivity contribution in [2.24, 2.45) is 0 Å². The average molecular weight is 348 g/mol. The van der Waals surface area contributed by atoms with Crippen LogP contribution in [0, 0.1) is 0 Å². The second-order valence-corrected chi connectivity index (χ2v) is 8.60. The zero-order valence-electron chi connectivity index (χ0n) is 11.0. The molecule has 0 spiro atoms. The van der Waals surface area contributed by atoms with E-state index in [0.29, 0.717) is 17.8 Å². The fourth-order valence-electron chi connectivity index (χ4n) is 3.57. The van der Waals surface area contributed by atoms with E-state index in [-0.39, 0.29) is 22.3 Å². The molecule has 0 radical (unpaired) electrons. The predicted octanol–water partition coefficient (Wildman–Crippen LogP) is 1.73. The Kier molecular flexibility index (Phi) is 3.10.